The molecule has 1 unspecified atom stereocenters. The van der Waals surface area contributed by atoms with Crippen molar-refractivity contribution in [3.05, 3.63) is 33.8 Å². The van der Waals surface area contributed by atoms with Gasteiger partial charge in [-0.2, -0.15) is 0 Å². The zero-order valence-electron chi connectivity index (χ0n) is 24.0. The van der Waals surface area contributed by atoms with Crippen LogP contribution in [0.25, 0.3) is 0 Å². The van der Waals surface area contributed by atoms with Crippen molar-refractivity contribution in [1.29, 1.82) is 0 Å². The summed E-state index contributed by atoms with van der Waals surface area (Å²) in [6, 6.07) is 5.85. The Morgan fingerprint density at radius 2 is 1.67 bits per heavy atom. The Kier molecular flexibility index (Phi) is 11.0. The number of carbonyl (C=O) groups excluding carboxylic acids is 2. The van der Waals surface area contributed by atoms with Crippen molar-refractivity contribution in [2.24, 2.45) is 5.92 Å². The molecule has 0 spiro atoms. The summed E-state index contributed by atoms with van der Waals surface area (Å²) in [7, 11) is 5.70. The average molecular weight is 582 g/mol. The molecule has 1 atom stereocenters. The Morgan fingerprint density at radius 3 is 2.28 bits per heavy atom. The Labute approximate surface area is 244 Å². The van der Waals surface area contributed by atoms with E-state index < -0.39 is 0 Å². The Morgan fingerprint density at radius 1 is 1.00 bits per heavy atom. The molecule has 1 aromatic rings. The minimum Gasteiger partial charge on any atom is -0.381 e. The SMILES string of the molecule is CN(C)C(=O)C1(N2CCCCC2)CCN(CCC(CN(C)C(=O)C2CCOCC2)c2ccc(Cl)c(Cl)c2)CC1. The molecule has 3 heterocycles. The van der Waals surface area contributed by atoms with E-state index in [0.717, 1.165) is 70.4 Å². The van der Waals surface area contributed by atoms with Crippen LogP contribution >= 0.6 is 23.2 Å². The van der Waals surface area contributed by atoms with Crippen LogP contribution in [0.2, 0.25) is 10.0 Å². The molecule has 0 bridgehead atoms. The first-order chi connectivity index (χ1) is 18.7. The van der Waals surface area contributed by atoms with Crippen molar-refractivity contribution < 1.29 is 14.3 Å². The summed E-state index contributed by atoms with van der Waals surface area (Å²) in [5.74, 6) is 0.643. The van der Waals surface area contributed by atoms with Crippen LogP contribution in [-0.4, -0.2) is 111 Å². The maximum atomic E-state index is 13.4. The summed E-state index contributed by atoms with van der Waals surface area (Å²) in [4.78, 5) is 35.3. The molecule has 0 N–H and O–H groups in total. The Balaban J connectivity index is 1.42. The second-order valence-corrected chi connectivity index (χ2v) is 12.7. The highest BCUT2D eigenvalue weighted by Gasteiger charge is 2.47. The quantitative estimate of drug-likeness (QED) is 0.421. The second kappa shape index (κ2) is 14.0. The highest BCUT2D eigenvalue weighted by atomic mass is 35.5. The molecule has 0 radical (unpaired) electrons. The summed E-state index contributed by atoms with van der Waals surface area (Å²) in [6.45, 7) is 6.71. The predicted molar refractivity (Wildman–Crippen MR) is 158 cm³/mol. The number of likely N-dealkylation sites (N-methyl/N-ethyl adjacent to an activating group) is 2. The largest absolute Gasteiger partial charge is 0.381 e. The average Bonchev–Trinajstić information content (AvgIpc) is 2.97. The number of hydrogen-bond donors (Lipinski definition) is 0. The Hall–Kier alpha value is -1.38. The normalized spacial score (nSPS) is 21.9. The third-order valence-corrected chi connectivity index (χ3v) is 9.84. The zero-order valence-corrected chi connectivity index (χ0v) is 25.5. The second-order valence-electron chi connectivity index (χ2n) is 11.9. The molecule has 3 aliphatic rings. The smallest absolute Gasteiger partial charge is 0.242 e. The summed E-state index contributed by atoms with van der Waals surface area (Å²) >= 11 is 12.6. The first-order valence-electron chi connectivity index (χ1n) is 14.7. The number of carbonyl (C=O) groups is 2. The summed E-state index contributed by atoms with van der Waals surface area (Å²) in [6.07, 6.45) is 7.83. The van der Waals surface area contributed by atoms with E-state index in [-0.39, 0.29) is 29.2 Å². The fraction of sp³-hybridized carbons (Fsp3) is 0.733. The number of ether oxygens (including phenoxy) is 1. The van der Waals surface area contributed by atoms with Gasteiger partial charge in [-0.05, 0) is 82.3 Å². The van der Waals surface area contributed by atoms with Gasteiger partial charge < -0.3 is 19.4 Å². The van der Waals surface area contributed by atoms with Gasteiger partial charge in [0.15, 0.2) is 0 Å². The highest BCUT2D eigenvalue weighted by molar-refractivity contribution is 6.42. The van der Waals surface area contributed by atoms with E-state index in [0.29, 0.717) is 29.8 Å². The molecule has 0 aromatic heterocycles. The van der Waals surface area contributed by atoms with Crippen LogP contribution in [-0.2, 0) is 14.3 Å². The van der Waals surface area contributed by atoms with E-state index in [1.165, 1.54) is 19.3 Å². The van der Waals surface area contributed by atoms with Crippen LogP contribution < -0.4 is 0 Å². The minimum absolute atomic E-state index is 0.0393. The summed E-state index contributed by atoms with van der Waals surface area (Å²) in [5, 5.41) is 1.09. The number of nitrogens with zero attached hydrogens (tertiary/aromatic N) is 4. The van der Waals surface area contributed by atoms with Gasteiger partial charge in [0.2, 0.25) is 11.8 Å². The first kappa shape index (κ1) is 30.6. The van der Waals surface area contributed by atoms with Gasteiger partial charge in [0.25, 0.3) is 0 Å². The maximum Gasteiger partial charge on any atom is 0.242 e. The lowest BCUT2D eigenvalue weighted by Crippen LogP contribution is -2.64. The first-order valence-corrected chi connectivity index (χ1v) is 15.4. The van der Waals surface area contributed by atoms with Crippen LogP contribution in [0, 0.1) is 5.92 Å². The number of hydrogen-bond acceptors (Lipinski definition) is 5. The van der Waals surface area contributed by atoms with Crippen molar-refractivity contribution in [3.63, 3.8) is 0 Å². The number of likely N-dealkylation sites (tertiary alicyclic amines) is 2. The van der Waals surface area contributed by atoms with Crippen LogP contribution in [0.3, 0.4) is 0 Å². The lowest BCUT2D eigenvalue weighted by atomic mass is 9.82. The number of piperidine rings is 2. The van der Waals surface area contributed by atoms with Crippen molar-refractivity contribution in [2.75, 3.05) is 73.6 Å². The van der Waals surface area contributed by atoms with Gasteiger partial charge in [0.1, 0.15) is 5.54 Å². The van der Waals surface area contributed by atoms with Crippen LogP contribution in [0.1, 0.15) is 62.8 Å². The minimum atomic E-state index is -0.375. The van der Waals surface area contributed by atoms with Crippen LogP contribution in [0.5, 0.6) is 0 Å². The predicted octanol–water partition coefficient (Wildman–Crippen LogP) is 4.76. The fourth-order valence-corrected chi connectivity index (χ4v) is 7.00. The fourth-order valence-electron chi connectivity index (χ4n) is 6.69. The molecule has 2 amide bonds. The molecule has 3 saturated heterocycles. The van der Waals surface area contributed by atoms with Gasteiger partial charge in [-0.1, -0.05) is 35.7 Å². The van der Waals surface area contributed by atoms with E-state index >= 15 is 0 Å². The van der Waals surface area contributed by atoms with Gasteiger partial charge >= 0.3 is 0 Å². The zero-order chi connectivity index (χ0) is 28.0. The molecular weight excluding hydrogens is 535 g/mol. The molecule has 0 saturated carbocycles. The maximum absolute atomic E-state index is 13.4. The third-order valence-electron chi connectivity index (χ3n) is 9.10. The molecule has 4 rings (SSSR count). The molecule has 3 fully saturated rings. The molecule has 218 valence electrons. The standard InChI is InChI=1S/C30H46Cl2N4O3/c1-33(2)29(38)30(36-14-5-4-6-15-36)12-17-35(18-13-30)16-9-25(24-7-8-26(31)27(32)21-24)22-34(3)28(37)23-10-19-39-20-11-23/h7-8,21,23,25H,4-6,9-20,22H2,1-3H3. The number of amides is 2. The highest BCUT2D eigenvalue weighted by Crippen LogP contribution is 2.34. The number of rotatable bonds is 9. The summed E-state index contributed by atoms with van der Waals surface area (Å²) < 4.78 is 5.46. The molecule has 39 heavy (non-hydrogen) atoms. The van der Waals surface area contributed by atoms with E-state index in [9.17, 15) is 9.59 Å². The monoisotopic (exact) mass is 580 g/mol. The molecule has 1 aromatic carbocycles. The van der Waals surface area contributed by atoms with Gasteiger partial charge in [-0.15, -0.1) is 0 Å². The van der Waals surface area contributed by atoms with Gasteiger partial charge in [-0.3, -0.25) is 14.5 Å². The van der Waals surface area contributed by atoms with E-state index in [4.69, 9.17) is 27.9 Å². The van der Waals surface area contributed by atoms with Crippen molar-refractivity contribution in [2.45, 2.75) is 62.8 Å². The summed E-state index contributed by atoms with van der Waals surface area (Å²) in [5.41, 5.74) is 0.735. The van der Waals surface area contributed by atoms with Gasteiger partial charge in [0.05, 0.1) is 10.0 Å². The molecular formula is C30H46Cl2N4O3. The molecule has 9 heteroatoms. The Bertz CT molecular complexity index is 971. The number of halogens is 2. The molecule has 0 aliphatic carbocycles. The van der Waals surface area contributed by atoms with Crippen molar-refractivity contribution >= 4 is 35.0 Å². The van der Waals surface area contributed by atoms with Crippen LogP contribution in [0.15, 0.2) is 18.2 Å². The number of benzene rings is 1. The van der Waals surface area contributed by atoms with E-state index in [2.05, 4.69) is 9.80 Å². The van der Waals surface area contributed by atoms with E-state index in [1.54, 1.807) is 4.90 Å². The topological polar surface area (TPSA) is 56.3 Å². The van der Waals surface area contributed by atoms with Gasteiger partial charge in [-0.25, -0.2) is 0 Å². The van der Waals surface area contributed by atoms with E-state index in [1.807, 2.05) is 44.2 Å². The van der Waals surface area contributed by atoms with Crippen LogP contribution in [0.4, 0.5) is 0 Å². The van der Waals surface area contributed by atoms with Crippen molar-refractivity contribution in [1.82, 2.24) is 19.6 Å². The third kappa shape index (κ3) is 7.48. The molecule has 7 nitrogen and oxygen atoms in total. The lowest BCUT2D eigenvalue weighted by Gasteiger charge is -2.50. The lowest BCUT2D eigenvalue weighted by molar-refractivity contribution is -0.147. The van der Waals surface area contributed by atoms with Gasteiger partial charge in [0, 0.05) is 65.8 Å². The molecule has 3 aliphatic heterocycles. The van der Waals surface area contributed by atoms with Crippen molar-refractivity contribution in [3.8, 4) is 0 Å².